The molecule has 0 aliphatic carbocycles. The highest BCUT2D eigenvalue weighted by atomic mass is 35.5. The predicted molar refractivity (Wildman–Crippen MR) is 63.5 cm³/mol. The Bertz CT molecular complexity index is 361. The summed E-state index contributed by atoms with van der Waals surface area (Å²) in [6.45, 7) is 6.83. The van der Waals surface area contributed by atoms with Crippen LogP contribution in [0.5, 0.6) is 0 Å². The number of hydrogen-bond donors (Lipinski definition) is 1. The first-order valence-electron chi connectivity index (χ1n) is 5.24. The number of halogens is 1. The zero-order valence-electron chi connectivity index (χ0n) is 10.2. The topological polar surface area (TPSA) is 47.3 Å². The van der Waals surface area contributed by atoms with Crippen LogP contribution < -0.4 is 0 Å². The lowest BCUT2D eigenvalue weighted by molar-refractivity contribution is 0.0196. The molecule has 1 aromatic rings. The van der Waals surface area contributed by atoms with Gasteiger partial charge in [0.25, 0.3) is 0 Å². The first-order chi connectivity index (χ1) is 7.37. The lowest BCUT2D eigenvalue weighted by atomic mass is 9.97. The molecule has 92 valence electrons. The summed E-state index contributed by atoms with van der Waals surface area (Å²) in [5.74, 6) is 0. The lowest BCUT2D eigenvalue weighted by Gasteiger charge is -2.21. The van der Waals surface area contributed by atoms with E-state index in [2.05, 4.69) is 5.10 Å². The highest BCUT2D eigenvalue weighted by Crippen LogP contribution is 2.21. The molecular weight excluding hydrogens is 228 g/mol. The number of aliphatic hydroxyl groups excluding tert-OH is 1. The van der Waals surface area contributed by atoms with Crippen molar-refractivity contribution in [3.8, 4) is 0 Å². The molecule has 0 atom stereocenters. The van der Waals surface area contributed by atoms with Gasteiger partial charge in [0.15, 0.2) is 0 Å². The van der Waals surface area contributed by atoms with Gasteiger partial charge in [-0.3, -0.25) is 4.68 Å². The minimum atomic E-state index is -0.220. The first kappa shape index (κ1) is 13.5. The summed E-state index contributed by atoms with van der Waals surface area (Å²) in [4.78, 5) is 0. The maximum absolute atomic E-state index is 9.08. The average Bonchev–Trinajstić information content (AvgIpc) is 2.44. The van der Waals surface area contributed by atoms with Gasteiger partial charge in [-0.05, 0) is 6.92 Å². The van der Waals surface area contributed by atoms with Crippen molar-refractivity contribution in [3.63, 3.8) is 0 Å². The van der Waals surface area contributed by atoms with Crippen LogP contribution in [0.1, 0.15) is 25.1 Å². The van der Waals surface area contributed by atoms with Crippen LogP contribution in [0, 0.1) is 12.3 Å². The summed E-state index contributed by atoms with van der Waals surface area (Å²) >= 11 is 6.07. The van der Waals surface area contributed by atoms with Gasteiger partial charge < -0.3 is 9.84 Å². The molecule has 1 N–H and O–H groups in total. The highest BCUT2D eigenvalue weighted by molar-refractivity contribution is 6.30. The Hall–Kier alpha value is -0.580. The summed E-state index contributed by atoms with van der Waals surface area (Å²) in [5, 5.41) is 13.9. The zero-order valence-corrected chi connectivity index (χ0v) is 11.0. The number of aromatic nitrogens is 2. The normalized spacial score (nSPS) is 12.1. The molecule has 16 heavy (non-hydrogen) atoms. The molecule has 0 saturated heterocycles. The van der Waals surface area contributed by atoms with Crippen molar-refractivity contribution in [1.82, 2.24) is 9.78 Å². The third-order valence-electron chi connectivity index (χ3n) is 2.44. The minimum absolute atomic E-state index is 0.104. The van der Waals surface area contributed by atoms with E-state index in [1.165, 1.54) is 0 Å². The Morgan fingerprint density at radius 3 is 2.56 bits per heavy atom. The third kappa shape index (κ3) is 3.20. The molecule has 0 amide bonds. The Morgan fingerprint density at radius 1 is 1.50 bits per heavy atom. The fourth-order valence-corrected chi connectivity index (χ4v) is 1.54. The van der Waals surface area contributed by atoms with Crippen molar-refractivity contribution < 1.29 is 9.84 Å². The summed E-state index contributed by atoms with van der Waals surface area (Å²) in [7, 11) is 1.80. The summed E-state index contributed by atoms with van der Waals surface area (Å²) in [5.41, 5.74) is 1.58. The SMILES string of the molecule is Cc1nn(C)c(Cl)c1COCC(C)(C)CO. The van der Waals surface area contributed by atoms with Gasteiger partial charge in [0.2, 0.25) is 0 Å². The van der Waals surface area contributed by atoms with Crippen LogP contribution in [0.3, 0.4) is 0 Å². The molecule has 0 spiro atoms. The second-order valence-electron chi connectivity index (χ2n) is 4.79. The number of ether oxygens (including phenoxy) is 1. The molecular formula is C11H19ClN2O2. The highest BCUT2D eigenvalue weighted by Gasteiger charge is 2.18. The molecule has 0 aliphatic heterocycles. The van der Waals surface area contributed by atoms with E-state index < -0.39 is 0 Å². The van der Waals surface area contributed by atoms with Gasteiger partial charge in [0.05, 0.1) is 25.5 Å². The van der Waals surface area contributed by atoms with Crippen molar-refractivity contribution >= 4 is 11.6 Å². The summed E-state index contributed by atoms with van der Waals surface area (Å²) in [6, 6.07) is 0. The van der Waals surface area contributed by atoms with E-state index >= 15 is 0 Å². The lowest BCUT2D eigenvalue weighted by Crippen LogP contribution is -2.23. The van der Waals surface area contributed by atoms with Crippen molar-refractivity contribution in [2.45, 2.75) is 27.4 Å². The summed E-state index contributed by atoms with van der Waals surface area (Å²) < 4.78 is 7.18. The minimum Gasteiger partial charge on any atom is -0.396 e. The van der Waals surface area contributed by atoms with E-state index in [4.69, 9.17) is 21.4 Å². The molecule has 0 bridgehead atoms. The zero-order chi connectivity index (χ0) is 12.3. The molecule has 0 unspecified atom stereocenters. The van der Waals surface area contributed by atoms with Crippen molar-refractivity contribution in [2.24, 2.45) is 12.5 Å². The average molecular weight is 247 g/mol. The number of aliphatic hydroxyl groups is 1. The van der Waals surface area contributed by atoms with Crippen LogP contribution in [0.2, 0.25) is 5.15 Å². The number of hydrogen-bond acceptors (Lipinski definition) is 3. The Kier molecular flexibility index (Phi) is 4.35. The van der Waals surface area contributed by atoms with Gasteiger partial charge in [-0.15, -0.1) is 0 Å². The molecule has 1 aromatic heterocycles. The van der Waals surface area contributed by atoms with E-state index in [0.717, 1.165) is 11.3 Å². The standard InChI is InChI=1S/C11H19ClN2O2/c1-8-9(10(12)14(4)13-8)5-16-7-11(2,3)6-15/h15H,5-7H2,1-4H3. The Morgan fingerprint density at radius 2 is 2.12 bits per heavy atom. The van der Waals surface area contributed by atoms with Crippen LogP contribution in [-0.2, 0) is 18.4 Å². The number of aryl methyl sites for hydroxylation is 2. The van der Waals surface area contributed by atoms with Gasteiger partial charge in [-0.25, -0.2) is 0 Å². The molecule has 0 radical (unpaired) electrons. The molecule has 0 aromatic carbocycles. The fourth-order valence-electron chi connectivity index (χ4n) is 1.31. The van der Waals surface area contributed by atoms with Gasteiger partial charge in [0.1, 0.15) is 5.15 Å². The van der Waals surface area contributed by atoms with Crippen LogP contribution in [0.25, 0.3) is 0 Å². The fraction of sp³-hybridized carbons (Fsp3) is 0.727. The largest absolute Gasteiger partial charge is 0.396 e. The third-order valence-corrected chi connectivity index (χ3v) is 2.91. The first-order valence-corrected chi connectivity index (χ1v) is 5.62. The van der Waals surface area contributed by atoms with Crippen LogP contribution in [0.15, 0.2) is 0 Å². The van der Waals surface area contributed by atoms with Gasteiger partial charge in [-0.2, -0.15) is 5.10 Å². The van der Waals surface area contributed by atoms with E-state index in [1.807, 2.05) is 20.8 Å². The Labute approximate surface area is 101 Å². The second kappa shape index (κ2) is 5.17. The Balaban J connectivity index is 2.55. The molecule has 1 rings (SSSR count). The molecule has 0 saturated carbocycles. The molecule has 4 nitrogen and oxygen atoms in total. The molecule has 5 heteroatoms. The quantitative estimate of drug-likeness (QED) is 0.864. The predicted octanol–water partition coefficient (Wildman–Crippen LogP) is 1.92. The number of nitrogens with zero attached hydrogens (tertiary/aromatic N) is 2. The van der Waals surface area contributed by atoms with E-state index in [1.54, 1.807) is 11.7 Å². The monoisotopic (exact) mass is 246 g/mol. The van der Waals surface area contributed by atoms with E-state index in [-0.39, 0.29) is 12.0 Å². The maximum Gasteiger partial charge on any atom is 0.132 e. The maximum atomic E-state index is 9.08. The molecule has 0 aliphatic rings. The van der Waals surface area contributed by atoms with Crippen molar-refractivity contribution in [1.29, 1.82) is 0 Å². The van der Waals surface area contributed by atoms with Gasteiger partial charge >= 0.3 is 0 Å². The van der Waals surface area contributed by atoms with Crippen LogP contribution >= 0.6 is 11.6 Å². The van der Waals surface area contributed by atoms with E-state index in [9.17, 15) is 0 Å². The second-order valence-corrected chi connectivity index (χ2v) is 5.15. The van der Waals surface area contributed by atoms with Crippen molar-refractivity contribution in [3.05, 3.63) is 16.4 Å². The van der Waals surface area contributed by atoms with Crippen LogP contribution in [0.4, 0.5) is 0 Å². The van der Waals surface area contributed by atoms with Gasteiger partial charge in [0, 0.05) is 18.0 Å². The number of rotatable bonds is 5. The smallest absolute Gasteiger partial charge is 0.132 e. The van der Waals surface area contributed by atoms with Crippen LogP contribution in [-0.4, -0.2) is 28.1 Å². The summed E-state index contributed by atoms with van der Waals surface area (Å²) in [6.07, 6.45) is 0. The van der Waals surface area contributed by atoms with E-state index in [0.29, 0.717) is 18.4 Å². The molecule has 0 fully saturated rings. The molecule has 1 heterocycles. The van der Waals surface area contributed by atoms with Gasteiger partial charge in [-0.1, -0.05) is 25.4 Å². The van der Waals surface area contributed by atoms with Crippen molar-refractivity contribution in [2.75, 3.05) is 13.2 Å².